The lowest BCUT2D eigenvalue weighted by molar-refractivity contribution is 0.0698. The molecule has 6 nitrogen and oxygen atoms in total. The third-order valence-corrected chi connectivity index (χ3v) is 4.66. The molecule has 0 saturated carbocycles. The Balaban J connectivity index is 3.16. The lowest BCUT2D eigenvalue weighted by atomic mass is 10.2. The standard InChI is InChI=1S/C11H15BrN2O4S/c1-3-14(4-2)19(17,18)13-10-6-5-8(12)7-9(10)11(15)16/h5-7,13H,3-4H2,1-2H3,(H,15,16). The average molecular weight is 351 g/mol. The zero-order chi connectivity index (χ0) is 14.6. The Bertz CT molecular complexity index is 570. The van der Waals surface area contributed by atoms with Crippen LogP contribution in [-0.2, 0) is 10.2 Å². The van der Waals surface area contributed by atoms with Crippen LogP contribution in [0.5, 0.6) is 0 Å². The van der Waals surface area contributed by atoms with Gasteiger partial charge in [0.25, 0.3) is 0 Å². The largest absolute Gasteiger partial charge is 0.478 e. The van der Waals surface area contributed by atoms with Gasteiger partial charge in [-0.3, -0.25) is 4.72 Å². The van der Waals surface area contributed by atoms with Crippen LogP contribution in [-0.4, -0.2) is 36.9 Å². The number of nitrogens with one attached hydrogen (secondary N) is 1. The number of carboxylic acids is 1. The number of benzene rings is 1. The van der Waals surface area contributed by atoms with E-state index in [0.717, 1.165) is 0 Å². The minimum absolute atomic E-state index is 0.0441. The first-order chi connectivity index (χ1) is 8.81. The number of hydrogen-bond acceptors (Lipinski definition) is 3. The molecule has 106 valence electrons. The van der Waals surface area contributed by atoms with Crippen molar-refractivity contribution >= 4 is 37.8 Å². The highest BCUT2D eigenvalue weighted by Crippen LogP contribution is 2.22. The second-order valence-corrected chi connectivity index (χ2v) is 6.27. The van der Waals surface area contributed by atoms with Crippen LogP contribution in [0.15, 0.2) is 22.7 Å². The summed E-state index contributed by atoms with van der Waals surface area (Å²) in [5, 5.41) is 9.07. The predicted octanol–water partition coefficient (Wildman–Crippen LogP) is 2.15. The van der Waals surface area contributed by atoms with Gasteiger partial charge in [0.05, 0.1) is 11.3 Å². The number of carboxylic acid groups (broad SMARTS) is 1. The van der Waals surface area contributed by atoms with Crippen molar-refractivity contribution in [2.24, 2.45) is 0 Å². The van der Waals surface area contributed by atoms with Crippen LogP contribution in [0.3, 0.4) is 0 Å². The highest BCUT2D eigenvalue weighted by molar-refractivity contribution is 9.10. The van der Waals surface area contributed by atoms with Crippen molar-refractivity contribution in [3.05, 3.63) is 28.2 Å². The normalized spacial score (nSPS) is 11.6. The fourth-order valence-electron chi connectivity index (χ4n) is 1.55. The van der Waals surface area contributed by atoms with Crippen LogP contribution in [0.2, 0.25) is 0 Å². The van der Waals surface area contributed by atoms with E-state index in [2.05, 4.69) is 20.7 Å². The minimum atomic E-state index is -3.74. The number of rotatable bonds is 6. The summed E-state index contributed by atoms with van der Waals surface area (Å²) in [6, 6.07) is 4.34. The lowest BCUT2D eigenvalue weighted by Crippen LogP contribution is -2.35. The van der Waals surface area contributed by atoms with Gasteiger partial charge >= 0.3 is 16.2 Å². The molecule has 0 spiro atoms. The lowest BCUT2D eigenvalue weighted by Gasteiger charge is -2.20. The molecular weight excluding hydrogens is 336 g/mol. The van der Waals surface area contributed by atoms with Gasteiger partial charge in [-0.05, 0) is 18.2 Å². The van der Waals surface area contributed by atoms with Crippen LogP contribution in [0, 0.1) is 0 Å². The summed E-state index contributed by atoms with van der Waals surface area (Å²) in [7, 11) is -3.74. The molecule has 0 unspecified atom stereocenters. The van der Waals surface area contributed by atoms with Gasteiger partial charge in [-0.2, -0.15) is 12.7 Å². The molecule has 0 aliphatic rings. The first kappa shape index (κ1) is 15.9. The molecule has 0 atom stereocenters. The number of halogens is 1. The van der Waals surface area contributed by atoms with Gasteiger partial charge < -0.3 is 5.11 Å². The summed E-state index contributed by atoms with van der Waals surface area (Å²) in [6.45, 7) is 4.04. The zero-order valence-corrected chi connectivity index (χ0v) is 13.0. The predicted molar refractivity (Wildman–Crippen MR) is 76.6 cm³/mol. The molecule has 2 N–H and O–H groups in total. The van der Waals surface area contributed by atoms with Gasteiger partial charge in [-0.25, -0.2) is 4.79 Å². The summed E-state index contributed by atoms with van der Waals surface area (Å²) in [4.78, 5) is 11.1. The summed E-state index contributed by atoms with van der Waals surface area (Å²) in [6.07, 6.45) is 0. The van der Waals surface area contributed by atoms with Crippen molar-refractivity contribution in [2.45, 2.75) is 13.8 Å². The SMILES string of the molecule is CCN(CC)S(=O)(=O)Nc1ccc(Br)cc1C(=O)O. The molecule has 0 aliphatic heterocycles. The number of carbonyl (C=O) groups is 1. The van der Waals surface area contributed by atoms with Crippen LogP contribution in [0.4, 0.5) is 5.69 Å². The molecule has 19 heavy (non-hydrogen) atoms. The fourth-order valence-corrected chi connectivity index (χ4v) is 3.18. The highest BCUT2D eigenvalue weighted by Gasteiger charge is 2.21. The van der Waals surface area contributed by atoms with Crippen LogP contribution in [0.25, 0.3) is 0 Å². The molecule has 0 aliphatic carbocycles. The average Bonchev–Trinajstić information content (AvgIpc) is 2.32. The molecule has 0 heterocycles. The van der Waals surface area contributed by atoms with Gasteiger partial charge in [0.1, 0.15) is 0 Å². The Hall–Kier alpha value is -1.12. The molecule has 0 saturated heterocycles. The van der Waals surface area contributed by atoms with Crippen molar-refractivity contribution in [2.75, 3.05) is 17.8 Å². The zero-order valence-electron chi connectivity index (χ0n) is 10.6. The first-order valence-corrected chi connectivity index (χ1v) is 7.85. The van der Waals surface area contributed by atoms with Crippen molar-refractivity contribution in [3.63, 3.8) is 0 Å². The summed E-state index contributed by atoms with van der Waals surface area (Å²) in [5.74, 6) is -1.20. The molecule has 1 aromatic carbocycles. The monoisotopic (exact) mass is 350 g/mol. The first-order valence-electron chi connectivity index (χ1n) is 5.62. The van der Waals surface area contributed by atoms with E-state index in [-0.39, 0.29) is 11.3 Å². The van der Waals surface area contributed by atoms with Crippen molar-refractivity contribution < 1.29 is 18.3 Å². The summed E-state index contributed by atoms with van der Waals surface area (Å²) < 4.78 is 28.1. The Kier molecular flexibility index (Phi) is 5.33. The van der Waals surface area contributed by atoms with Crippen molar-refractivity contribution in [3.8, 4) is 0 Å². The molecule has 0 fully saturated rings. The Morgan fingerprint density at radius 2 is 1.95 bits per heavy atom. The smallest absolute Gasteiger partial charge is 0.337 e. The molecule has 1 aromatic rings. The molecule has 0 radical (unpaired) electrons. The summed E-state index contributed by atoms with van der Waals surface area (Å²) >= 11 is 3.15. The maximum Gasteiger partial charge on any atom is 0.337 e. The van der Waals surface area contributed by atoms with E-state index in [1.54, 1.807) is 19.9 Å². The molecule has 0 amide bonds. The van der Waals surface area contributed by atoms with Crippen LogP contribution >= 0.6 is 15.9 Å². The number of hydrogen-bond donors (Lipinski definition) is 2. The molecule has 0 aromatic heterocycles. The second-order valence-electron chi connectivity index (χ2n) is 3.69. The van der Waals surface area contributed by atoms with Crippen LogP contribution < -0.4 is 4.72 Å². The quantitative estimate of drug-likeness (QED) is 0.822. The maximum absolute atomic E-state index is 12.0. The minimum Gasteiger partial charge on any atom is -0.478 e. The van der Waals surface area contributed by atoms with E-state index in [9.17, 15) is 13.2 Å². The third kappa shape index (κ3) is 3.92. The Morgan fingerprint density at radius 1 is 1.37 bits per heavy atom. The van der Waals surface area contributed by atoms with Crippen molar-refractivity contribution in [1.29, 1.82) is 0 Å². The van der Waals surface area contributed by atoms with Crippen LogP contribution in [0.1, 0.15) is 24.2 Å². The van der Waals surface area contributed by atoms with E-state index in [1.165, 1.54) is 16.4 Å². The third-order valence-electron chi connectivity index (χ3n) is 2.50. The molecule has 8 heteroatoms. The van der Waals surface area contributed by atoms with Gasteiger partial charge in [0, 0.05) is 17.6 Å². The van der Waals surface area contributed by atoms with E-state index < -0.39 is 16.2 Å². The van der Waals surface area contributed by atoms with Gasteiger partial charge in [0.15, 0.2) is 0 Å². The Labute approximate surface area is 120 Å². The van der Waals surface area contributed by atoms with Gasteiger partial charge in [-0.15, -0.1) is 0 Å². The summed E-state index contributed by atoms with van der Waals surface area (Å²) in [5.41, 5.74) is -0.0623. The Morgan fingerprint density at radius 3 is 2.42 bits per heavy atom. The number of aromatic carboxylic acids is 1. The van der Waals surface area contributed by atoms with Crippen molar-refractivity contribution in [1.82, 2.24) is 4.31 Å². The van der Waals surface area contributed by atoms with E-state index in [0.29, 0.717) is 17.6 Å². The molecular formula is C11H15BrN2O4S. The second kappa shape index (κ2) is 6.36. The van der Waals surface area contributed by atoms with E-state index in [4.69, 9.17) is 5.11 Å². The van der Waals surface area contributed by atoms with E-state index in [1.807, 2.05) is 0 Å². The number of nitrogens with zero attached hydrogens (tertiary/aromatic N) is 1. The molecule has 0 bridgehead atoms. The fraction of sp³-hybridized carbons (Fsp3) is 0.364. The maximum atomic E-state index is 12.0. The highest BCUT2D eigenvalue weighted by atomic mass is 79.9. The van der Waals surface area contributed by atoms with E-state index >= 15 is 0 Å². The molecule has 1 rings (SSSR count). The van der Waals surface area contributed by atoms with Gasteiger partial charge in [-0.1, -0.05) is 29.8 Å². The van der Waals surface area contributed by atoms with Gasteiger partial charge in [0.2, 0.25) is 0 Å². The number of anilines is 1. The topological polar surface area (TPSA) is 86.7 Å².